The Hall–Kier alpha value is -1.49. The van der Waals surface area contributed by atoms with Crippen LogP contribution in [0.1, 0.15) is 18.4 Å². The van der Waals surface area contributed by atoms with Gasteiger partial charge in [0.1, 0.15) is 0 Å². The van der Waals surface area contributed by atoms with Gasteiger partial charge in [-0.2, -0.15) is 0 Å². The number of aliphatic hydroxyl groups is 1. The number of hydrogen-bond donors (Lipinski definition) is 1. The molecule has 3 rings (SSSR count). The van der Waals surface area contributed by atoms with Crippen LogP contribution in [0, 0.1) is 0 Å². The van der Waals surface area contributed by atoms with E-state index in [1.165, 1.54) is 10.9 Å². The van der Waals surface area contributed by atoms with Gasteiger partial charge < -0.3 is 10.0 Å². The normalized spacial score (nSPS) is 23.3. The zero-order valence-corrected chi connectivity index (χ0v) is 13.5. The summed E-state index contributed by atoms with van der Waals surface area (Å²) in [7, 11) is 4.04. The SMILES string of the molecule is CN(C)C[C@]1(O)CCCN(Cc2cccc3ncccc23)C1. The zero-order valence-electron chi connectivity index (χ0n) is 13.5. The fraction of sp³-hybridized carbons (Fsp3) is 0.500. The van der Waals surface area contributed by atoms with E-state index in [0.717, 1.165) is 44.5 Å². The van der Waals surface area contributed by atoms with Crippen LogP contribution in [0.3, 0.4) is 0 Å². The Morgan fingerprint density at radius 1 is 1.27 bits per heavy atom. The number of hydrogen-bond acceptors (Lipinski definition) is 4. The summed E-state index contributed by atoms with van der Waals surface area (Å²) in [6.45, 7) is 3.38. The van der Waals surface area contributed by atoms with Crippen LogP contribution in [0.25, 0.3) is 10.9 Å². The van der Waals surface area contributed by atoms with Crippen LogP contribution in [0.5, 0.6) is 0 Å². The number of pyridine rings is 1. The molecule has 2 aromatic rings. The van der Waals surface area contributed by atoms with E-state index in [0.29, 0.717) is 0 Å². The van der Waals surface area contributed by atoms with E-state index in [9.17, 15) is 5.11 Å². The van der Waals surface area contributed by atoms with Gasteiger partial charge in [-0.1, -0.05) is 18.2 Å². The molecule has 1 saturated heterocycles. The number of fused-ring (bicyclic) bond motifs is 1. The lowest BCUT2D eigenvalue weighted by atomic mass is 9.92. The summed E-state index contributed by atoms with van der Waals surface area (Å²) in [6, 6.07) is 10.4. The minimum Gasteiger partial charge on any atom is -0.387 e. The van der Waals surface area contributed by atoms with Gasteiger partial charge in [-0.3, -0.25) is 9.88 Å². The molecule has 1 fully saturated rings. The van der Waals surface area contributed by atoms with Gasteiger partial charge in [0.2, 0.25) is 0 Å². The molecule has 2 heterocycles. The van der Waals surface area contributed by atoms with E-state index in [1.807, 2.05) is 26.4 Å². The summed E-state index contributed by atoms with van der Waals surface area (Å²) in [5.74, 6) is 0. The van der Waals surface area contributed by atoms with Gasteiger partial charge in [0, 0.05) is 31.2 Å². The highest BCUT2D eigenvalue weighted by atomic mass is 16.3. The largest absolute Gasteiger partial charge is 0.387 e. The predicted octanol–water partition coefficient (Wildman–Crippen LogP) is 2.12. The van der Waals surface area contributed by atoms with Gasteiger partial charge in [-0.25, -0.2) is 0 Å². The molecule has 1 aliphatic rings. The van der Waals surface area contributed by atoms with E-state index >= 15 is 0 Å². The summed E-state index contributed by atoms with van der Waals surface area (Å²) in [6.07, 6.45) is 3.77. The highest BCUT2D eigenvalue weighted by Gasteiger charge is 2.33. The van der Waals surface area contributed by atoms with Gasteiger partial charge in [-0.05, 0) is 51.2 Å². The van der Waals surface area contributed by atoms with E-state index in [2.05, 4.69) is 39.0 Å². The molecular formula is C18H25N3O. The lowest BCUT2D eigenvalue weighted by Crippen LogP contribution is -2.52. The van der Waals surface area contributed by atoms with Gasteiger partial charge in [-0.15, -0.1) is 0 Å². The molecule has 0 saturated carbocycles. The first kappa shape index (κ1) is 15.4. The maximum absolute atomic E-state index is 10.8. The number of aromatic nitrogens is 1. The lowest BCUT2D eigenvalue weighted by molar-refractivity contribution is -0.0479. The molecule has 1 aliphatic heterocycles. The summed E-state index contributed by atoms with van der Waals surface area (Å²) >= 11 is 0. The number of likely N-dealkylation sites (N-methyl/N-ethyl adjacent to an activating group) is 1. The predicted molar refractivity (Wildman–Crippen MR) is 89.8 cm³/mol. The van der Waals surface area contributed by atoms with E-state index in [-0.39, 0.29) is 0 Å². The van der Waals surface area contributed by atoms with Gasteiger partial charge in [0.05, 0.1) is 11.1 Å². The van der Waals surface area contributed by atoms with E-state index in [1.54, 1.807) is 0 Å². The summed E-state index contributed by atoms with van der Waals surface area (Å²) in [5, 5.41) is 12.0. The molecule has 4 nitrogen and oxygen atoms in total. The van der Waals surface area contributed by atoms with Crippen molar-refractivity contribution in [2.75, 3.05) is 33.7 Å². The van der Waals surface area contributed by atoms with Gasteiger partial charge >= 0.3 is 0 Å². The molecule has 1 N–H and O–H groups in total. The second-order valence-corrected chi connectivity index (χ2v) is 6.76. The molecule has 0 bridgehead atoms. The van der Waals surface area contributed by atoms with Crippen molar-refractivity contribution in [2.45, 2.75) is 25.0 Å². The fourth-order valence-electron chi connectivity index (χ4n) is 3.60. The molecule has 1 atom stereocenters. The average molecular weight is 299 g/mol. The van der Waals surface area contributed by atoms with Crippen molar-refractivity contribution in [2.24, 2.45) is 0 Å². The Bertz CT molecular complexity index is 638. The average Bonchev–Trinajstić information content (AvgIpc) is 2.46. The molecule has 0 aliphatic carbocycles. The molecule has 0 amide bonds. The first-order valence-corrected chi connectivity index (χ1v) is 7.98. The second-order valence-electron chi connectivity index (χ2n) is 6.76. The van der Waals surface area contributed by atoms with E-state index in [4.69, 9.17) is 0 Å². The van der Waals surface area contributed by atoms with Gasteiger partial charge in [0.25, 0.3) is 0 Å². The van der Waals surface area contributed by atoms with Crippen molar-refractivity contribution in [1.29, 1.82) is 0 Å². The summed E-state index contributed by atoms with van der Waals surface area (Å²) in [5.41, 5.74) is 1.74. The van der Waals surface area contributed by atoms with E-state index < -0.39 is 5.60 Å². The number of rotatable bonds is 4. The monoisotopic (exact) mass is 299 g/mol. The van der Waals surface area contributed by atoms with Crippen LogP contribution >= 0.6 is 0 Å². The number of piperidine rings is 1. The van der Waals surface area contributed by atoms with Gasteiger partial charge in [0.15, 0.2) is 0 Å². The first-order valence-electron chi connectivity index (χ1n) is 7.98. The number of β-amino-alcohol motifs (C(OH)–C–C–N with tert-alkyl or cyclic N) is 1. The van der Waals surface area contributed by atoms with Crippen molar-refractivity contribution in [3.63, 3.8) is 0 Å². The minimum absolute atomic E-state index is 0.593. The molecule has 0 spiro atoms. The smallest absolute Gasteiger partial charge is 0.0900 e. The van der Waals surface area contributed by atoms with Crippen LogP contribution in [-0.4, -0.2) is 59.2 Å². The summed E-state index contributed by atoms with van der Waals surface area (Å²) < 4.78 is 0. The topological polar surface area (TPSA) is 39.6 Å². The highest BCUT2D eigenvalue weighted by Crippen LogP contribution is 2.25. The minimum atomic E-state index is -0.593. The number of likely N-dealkylation sites (tertiary alicyclic amines) is 1. The number of nitrogens with zero attached hydrogens (tertiary/aromatic N) is 3. The van der Waals surface area contributed by atoms with Crippen molar-refractivity contribution < 1.29 is 5.11 Å². The third-order valence-electron chi connectivity index (χ3n) is 4.37. The van der Waals surface area contributed by atoms with Crippen LogP contribution in [0.15, 0.2) is 36.5 Å². The van der Waals surface area contributed by atoms with Crippen LogP contribution in [0.2, 0.25) is 0 Å². The quantitative estimate of drug-likeness (QED) is 0.939. The summed E-state index contributed by atoms with van der Waals surface area (Å²) in [4.78, 5) is 8.87. The maximum Gasteiger partial charge on any atom is 0.0900 e. The van der Waals surface area contributed by atoms with Crippen LogP contribution in [0.4, 0.5) is 0 Å². The molecular weight excluding hydrogens is 274 g/mol. The standard InChI is InChI=1S/C18H25N3O/c1-20(2)13-18(22)9-5-11-21(14-18)12-15-6-3-8-17-16(15)7-4-10-19-17/h3-4,6-8,10,22H,5,9,11-14H2,1-2H3/t18-/m1/s1. The molecule has 4 heteroatoms. The Morgan fingerprint density at radius 3 is 2.95 bits per heavy atom. The van der Waals surface area contributed by atoms with Crippen molar-refractivity contribution >= 4 is 10.9 Å². The Kier molecular flexibility index (Phi) is 4.43. The number of benzene rings is 1. The second kappa shape index (κ2) is 6.32. The van der Waals surface area contributed by atoms with Crippen molar-refractivity contribution in [1.82, 2.24) is 14.8 Å². The third kappa shape index (κ3) is 3.46. The third-order valence-corrected chi connectivity index (χ3v) is 4.37. The fourth-order valence-corrected chi connectivity index (χ4v) is 3.60. The maximum atomic E-state index is 10.8. The molecule has 0 radical (unpaired) electrons. The van der Waals surface area contributed by atoms with Crippen molar-refractivity contribution in [3.8, 4) is 0 Å². The molecule has 22 heavy (non-hydrogen) atoms. The lowest BCUT2D eigenvalue weighted by Gasteiger charge is -2.40. The Balaban J connectivity index is 1.77. The highest BCUT2D eigenvalue weighted by molar-refractivity contribution is 5.81. The molecule has 1 aromatic heterocycles. The molecule has 0 unspecified atom stereocenters. The Morgan fingerprint density at radius 2 is 2.14 bits per heavy atom. The van der Waals surface area contributed by atoms with Crippen LogP contribution < -0.4 is 0 Å². The van der Waals surface area contributed by atoms with Crippen LogP contribution in [-0.2, 0) is 6.54 Å². The Labute approximate surface area is 132 Å². The first-order chi connectivity index (χ1) is 10.6. The molecule has 118 valence electrons. The molecule has 1 aromatic carbocycles. The van der Waals surface area contributed by atoms with Crippen molar-refractivity contribution in [3.05, 3.63) is 42.1 Å². The zero-order chi connectivity index (χ0) is 15.6.